The Hall–Kier alpha value is -0.0400. The van der Waals surface area contributed by atoms with Crippen LogP contribution in [-0.4, -0.2) is 11.7 Å². The molecule has 0 aliphatic rings. The molecular weight excluding hydrogens is 977 g/mol. The highest BCUT2D eigenvalue weighted by Gasteiger charge is 2.02. The Kier molecular flexibility index (Phi) is 79.9. The summed E-state index contributed by atoms with van der Waals surface area (Å²) in [6, 6.07) is 0. The minimum atomic E-state index is 0.375. The summed E-state index contributed by atoms with van der Waals surface area (Å²) in [7, 11) is 0. The first-order valence-electron chi connectivity index (χ1n) is 40.0. The molecule has 0 radical (unpaired) electrons. The summed E-state index contributed by atoms with van der Waals surface area (Å²) in [5, 5.41) is 8.85. The second kappa shape index (κ2) is 80.0. The summed E-state index contributed by atoms with van der Waals surface area (Å²) in [6.07, 6.45) is 115. The van der Waals surface area contributed by atoms with E-state index in [1.807, 2.05) is 0 Å². The van der Waals surface area contributed by atoms with E-state index in [4.69, 9.17) is 5.11 Å². The number of rotatable bonds is 78. The lowest BCUT2D eigenvalue weighted by molar-refractivity contribution is 0.282. The topological polar surface area (TPSA) is 20.2 Å². The second-order valence-corrected chi connectivity index (χ2v) is 27.9. The van der Waals surface area contributed by atoms with Crippen LogP contribution in [0.1, 0.15) is 508 Å². The molecule has 0 bridgehead atoms. The summed E-state index contributed by atoms with van der Waals surface area (Å²) in [6.45, 7) is 2.69. The summed E-state index contributed by atoms with van der Waals surface area (Å²) in [5.74, 6) is 0. The molecule has 81 heavy (non-hydrogen) atoms. The first-order chi connectivity index (χ1) is 40.4. The lowest BCUT2D eigenvalue weighted by atomic mass is 10.0. The largest absolute Gasteiger partial charge is 0.396 e. The molecule has 0 unspecified atom stereocenters. The third kappa shape index (κ3) is 80.0. The van der Waals surface area contributed by atoms with Crippen LogP contribution >= 0.6 is 0 Å². The molecule has 1 heteroatoms. The summed E-state index contributed by atoms with van der Waals surface area (Å²) >= 11 is 0. The zero-order valence-corrected chi connectivity index (χ0v) is 57.3. The Morgan fingerprint density at radius 2 is 0.160 bits per heavy atom. The van der Waals surface area contributed by atoms with Crippen molar-refractivity contribution >= 4 is 0 Å². The molecule has 0 aromatic heterocycles. The van der Waals surface area contributed by atoms with Gasteiger partial charge >= 0.3 is 0 Å². The molecular formula is C80H162O. The van der Waals surface area contributed by atoms with Gasteiger partial charge in [0.15, 0.2) is 0 Å². The van der Waals surface area contributed by atoms with Crippen molar-refractivity contribution in [2.75, 3.05) is 6.61 Å². The Morgan fingerprint density at radius 1 is 0.0988 bits per heavy atom. The predicted octanol–water partition coefficient (Wildman–Crippen LogP) is 30.4. The van der Waals surface area contributed by atoms with Crippen LogP contribution in [0.15, 0.2) is 0 Å². The third-order valence-electron chi connectivity index (χ3n) is 19.5. The lowest BCUT2D eigenvalue weighted by Crippen LogP contribution is -1.85. The second-order valence-electron chi connectivity index (χ2n) is 27.9. The average molecular weight is 1140 g/mol. The van der Waals surface area contributed by atoms with E-state index in [-0.39, 0.29) is 0 Å². The van der Waals surface area contributed by atoms with E-state index in [1.54, 1.807) is 0 Å². The maximum absolute atomic E-state index is 8.85. The molecule has 0 atom stereocenters. The van der Waals surface area contributed by atoms with Gasteiger partial charge in [-0.2, -0.15) is 0 Å². The van der Waals surface area contributed by atoms with Gasteiger partial charge in [-0.25, -0.2) is 0 Å². The molecule has 0 aliphatic heterocycles. The third-order valence-corrected chi connectivity index (χ3v) is 19.5. The van der Waals surface area contributed by atoms with E-state index in [0.29, 0.717) is 6.61 Å². The summed E-state index contributed by atoms with van der Waals surface area (Å²) in [4.78, 5) is 0. The van der Waals surface area contributed by atoms with Crippen molar-refractivity contribution in [3.63, 3.8) is 0 Å². The van der Waals surface area contributed by atoms with Crippen molar-refractivity contribution in [2.24, 2.45) is 0 Å². The minimum Gasteiger partial charge on any atom is -0.396 e. The molecule has 0 saturated carbocycles. The molecule has 0 aliphatic carbocycles. The van der Waals surface area contributed by atoms with Crippen molar-refractivity contribution in [3.8, 4) is 0 Å². The SMILES string of the molecule is CCCCCCCCCCCCCCCCCCCCCCCCCCCCCCCCCCCCCCCCCCCCCCCCCCCCCCCCCCCCCCCCCCCCCCCCCCCCCCCCO. The van der Waals surface area contributed by atoms with Crippen LogP contribution in [-0.2, 0) is 0 Å². The van der Waals surface area contributed by atoms with Gasteiger partial charge < -0.3 is 5.11 Å². The average Bonchev–Trinajstić information content (AvgIpc) is 3.48. The Balaban J connectivity index is 3.08. The quantitative estimate of drug-likeness (QED) is 0.0602. The van der Waals surface area contributed by atoms with Gasteiger partial charge in [0, 0.05) is 6.61 Å². The highest BCUT2D eigenvalue weighted by molar-refractivity contribution is 4.57. The Morgan fingerprint density at radius 3 is 0.222 bits per heavy atom. The van der Waals surface area contributed by atoms with Gasteiger partial charge in [-0.05, 0) is 6.42 Å². The van der Waals surface area contributed by atoms with Crippen molar-refractivity contribution in [1.82, 2.24) is 0 Å². The Labute approximate surface area is 516 Å². The fourth-order valence-electron chi connectivity index (χ4n) is 13.6. The molecule has 0 spiro atoms. The molecule has 0 fully saturated rings. The highest BCUT2D eigenvalue weighted by Crippen LogP contribution is 2.21. The number of hydrogen-bond donors (Lipinski definition) is 1. The Bertz CT molecular complexity index is 926. The van der Waals surface area contributed by atoms with Crippen LogP contribution in [0.5, 0.6) is 0 Å². The van der Waals surface area contributed by atoms with Crippen LogP contribution in [0, 0.1) is 0 Å². The van der Waals surface area contributed by atoms with E-state index >= 15 is 0 Å². The van der Waals surface area contributed by atoms with Crippen molar-refractivity contribution in [3.05, 3.63) is 0 Å². The zero-order valence-electron chi connectivity index (χ0n) is 57.3. The molecule has 488 valence electrons. The number of aliphatic hydroxyl groups is 1. The lowest BCUT2D eigenvalue weighted by Gasteiger charge is -2.05. The monoisotopic (exact) mass is 1140 g/mol. The van der Waals surface area contributed by atoms with Crippen LogP contribution in [0.25, 0.3) is 0 Å². The van der Waals surface area contributed by atoms with Crippen LogP contribution in [0.3, 0.4) is 0 Å². The summed E-state index contributed by atoms with van der Waals surface area (Å²) < 4.78 is 0. The zero-order chi connectivity index (χ0) is 57.9. The van der Waals surface area contributed by atoms with Crippen molar-refractivity contribution in [2.45, 2.75) is 508 Å². The van der Waals surface area contributed by atoms with Gasteiger partial charge in [-0.3, -0.25) is 0 Å². The molecule has 0 heterocycles. The molecule has 1 nitrogen and oxygen atoms in total. The molecule has 0 aromatic rings. The molecule has 0 amide bonds. The molecule has 1 N–H and O–H groups in total. The van der Waals surface area contributed by atoms with Crippen molar-refractivity contribution < 1.29 is 5.11 Å². The highest BCUT2D eigenvalue weighted by atomic mass is 16.2. The first-order valence-corrected chi connectivity index (χ1v) is 40.0. The first kappa shape index (κ1) is 81.0. The number of unbranched alkanes of at least 4 members (excludes halogenated alkanes) is 77. The minimum absolute atomic E-state index is 0.375. The number of hydrogen-bond acceptors (Lipinski definition) is 1. The standard InChI is InChI=1S/C80H162O/c1-2-3-4-5-6-7-8-9-10-11-12-13-14-15-16-17-18-19-20-21-22-23-24-25-26-27-28-29-30-31-32-33-34-35-36-37-38-39-40-41-42-43-44-45-46-47-48-49-50-51-52-53-54-55-56-57-58-59-60-61-62-63-64-65-66-67-68-69-70-71-72-73-74-75-76-77-78-79-80-81/h81H,2-80H2,1H3. The van der Waals surface area contributed by atoms with Crippen LogP contribution < -0.4 is 0 Å². The van der Waals surface area contributed by atoms with Crippen LogP contribution in [0.2, 0.25) is 0 Å². The molecule has 0 aromatic carbocycles. The van der Waals surface area contributed by atoms with E-state index in [2.05, 4.69) is 6.92 Å². The van der Waals surface area contributed by atoms with Gasteiger partial charge in [0.1, 0.15) is 0 Å². The summed E-state index contributed by atoms with van der Waals surface area (Å²) in [5.41, 5.74) is 0. The van der Waals surface area contributed by atoms with Gasteiger partial charge in [-0.1, -0.05) is 501 Å². The van der Waals surface area contributed by atoms with Gasteiger partial charge in [0.2, 0.25) is 0 Å². The van der Waals surface area contributed by atoms with E-state index < -0.39 is 0 Å². The number of aliphatic hydroxyl groups excluding tert-OH is 1. The molecule has 0 saturated heterocycles. The van der Waals surface area contributed by atoms with Crippen LogP contribution in [0.4, 0.5) is 0 Å². The fraction of sp³-hybridized carbons (Fsp3) is 1.00. The van der Waals surface area contributed by atoms with Gasteiger partial charge in [0.05, 0.1) is 0 Å². The fourth-order valence-corrected chi connectivity index (χ4v) is 13.6. The normalized spacial score (nSPS) is 11.8. The van der Waals surface area contributed by atoms with E-state index in [1.165, 1.54) is 494 Å². The van der Waals surface area contributed by atoms with Gasteiger partial charge in [-0.15, -0.1) is 0 Å². The molecule has 0 rings (SSSR count). The van der Waals surface area contributed by atoms with E-state index in [9.17, 15) is 0 Å². The predicted molar refractivity (Wildman–Crippen MR) is 373 cm³/mol. The smallest absolute Gasteiger partial charge is 0.0431 e. The maximum atomic E-state index is 8.85. The van der Waals surface area contributed by atoms with Gasteiger partial charge in [0.25, 0.3) is 0 Å². The van der Waals surface area contributed by atoms with Crippen molar-refractivity contribution in [1.29, 1.82) is 0 Å². The maximum Gasteiger partial charge on any atom is 0.0431 e. The van der Waals surface area contributed by atoms with E-state index in [0.717, 1.165) is 6.42 Å².